The van der Waals surface area contributed by atoms with E-state index in [9.17, 15) is 29.9 Å². The number of rotatable bonds is 15. The van der Waals surface area contributed by atoms with Crippen molar-refractivity contribution >= 4 is 23.6 Å². The molecule has 2 rings (SSSR count). The summed E-state index contributed by atoms with van der Waals surface area (Å²) in [6.45, 7) is 8.94. The third-order valence-electron chi connectivity index (χ3n) is 6.82. The Balaban J connectivity index is 2.04. The molecule has 1 aromatic rings. The Kier molecular flexibility index (Phi) is 13.0. The van der Waals surface area contributed by atoms with Gasteiger partial charge in [0, 0.05) is 31.8 Å². The van der Waals surface area contributed by atoms with E-state index in [-0.39, 0.29) is 67.6 Å². The van der Waals surface area contributed by atoms with Gasteiger partial charge in [-0.1, -0.05) is 13.0 Å². The molecular weight excluding hydrogens is 530 g/mol. The van der Waals surface area contributed by atoms with Crippen molar-refractivity contribution in [2.45, 2.75) is 77.9 Å². The molecule has 1 saturated heterocycles. The highest BCUT2D eigenvalue weighted by Crippen LogP contribution is 2.26. The number of carbonyl (C=O) groups excluding carboxylic acids is 3. The number of anilines is 1. The Morgan fingerprint density at radius 2 is 1.93 bits per heavy atom. The van der Waals surface area contributed by atoms with Gasteiger partial charge in [0.25, 0.3) is 0 Å². The number of ether oxygens (including phenoxy) is 1. The lowest BCUT2D eigenvalue weighted by Crippen LogP contribution is -2.43. The van der Waals surface area contributed by atoms with E-state index in [1.807, 2.05) is 25.9 Å². The van der Waals surface area contributed by atoms with Crippen LogP contribution >= 0.6 is 0 Å². The van der Waals surface area contributed by atoms with E-state index >= 15 is 0 Å². The number of hydroxylamine groups is 5. The Hall–Kier alpha value is -2.77. The predicted octanol–water partition coefficient (Wildman–Crippen LogP) is 3.57. The highest BCUT2D eigenvalue weighted by Gasteiger charge is 2.32. The number of likely N-dealkylation sites (N-methyl/N-ethyl adjacent to an activating group) is 1. The van der Waals surface area contributed by atoms with E-state index in [2.05, 4.69) is 10.6 Å². The monoisotopic (exact) mass is 578 g/mol. The molecule has 1 fully saturated rings. The summed E-state index contributed by atoms with van der Waals surface area (Å²) in [5.74, 6) is -0.852. The number of phenolic OH excluding ortho intramolecular Hbond substituents is 1. The van der Waals surface area contributed by atoms with Gasteiger partial charge in [0.1, 0.15) is 11.4 Å². The van der Waals surface area contributed by atoms with Gasteiger partial charge in [0.05, 0.1) is 25.2 Å². The van der Waals surface area contributed by atoms with Crippen molar-refractivity contribution in [2.75, 3.05) is 52.1 Å². The maximum Gasteiger partial charge on any atom is 0.407 e. The van der Waals surface area contributed by atoms with E-state index in [0.717, 1.165) is 10.6 Å². The van der Waals surface area contributed by atoms with Gasteiger partial charge in [0.2, 0.25) is 5.91 Å². The molecule has 3 amide bonds. The smallest absolute Gasteiger partial charge is 0.407 e. The lowest BCUT2D eigenvalue weighted by molar-refractivity contribution is -0.795. The predicted molar refractivity (Wildman–Crippen MR) is 158 cm³/mol. The zero-order valence-corrected chi connectivity index (χ0v) is 25.4. The molecular formula is C29H48N5O7-. The Morgan fingerprint density at radius 1 is 1.22 bits per heavy atom. The summed E-state index contributed by atoms with van der Waals surface area (Å²) in [7, 11) is 3.82. The quantitative estimate of drug-likeness (QED) is 0.122. The van der Waals surface area contributed by atoms with Crippen LogP contribution in [0.25, 0.3) is 0 Å². The van der Waals surface area contributed by atoms with Gasteiger partial charge in [-0.15, -0.1) is 0 Å². The molecule has 0 bridgehead atoms. The summed E-state index contributed by atoms with van der Waals surface area (Å²) in [5, 5.41) is 41.8. The van der Waals surface area contributed by atoms with Crippen LogP contribution in [0.5, 0.6) is 5.75 Å². The number of quaternary nitrogens is 1. The largest absolute Gasteiger partial charge is 0.785 e. The van der Waals surface area contributed by atoms with Crippen LogP contribution in [0.15, 0.2) is 18.2 Å². The maximum atomic E-state index is 12.6. The van der Waals surface area contributed by atoms with Gasteiger partial charge >= 0.3 is 12.0 Å². The molecule has 0 aliphatic carbocycles. The molecule has 0 spiro atoms. The number of amides is 3. The number of hydrogen-bond donors (Lipinski definition) is 3. The molecule has 0 aromatic heterocycles. The van der Waals surface area contributed by atoms with Crippen LogP contribution in [-0.2, 0) is 20.7 Å². The summed E-state index contributed by atoms with van der Waals surface area (Å²) in [6, 6.07) is 4.45. The average Bonchev–Trinajstić information content (AvgIpc) is 3.16. The number of nitrogens with one attached hydrogen (secondary N) is 2. The fourth-order valence-corrected chi connectivity index (χ4v) is 4.83. The zero-order chi connectivity index (χ0) is 30.8. The third kappa shape index (κ3) is 12.7. The Labute approximate surface area is 243 Å². The number of aromatic hydroxyl groups is 1. The second-order valence-corrected chi connectivity index (χ2v) is 12.4. The standard InChI is InChI=1S/C29H48N5O7/c1-21(20-33(39)14-13-32(5)6)17-23(30-28(38)41-29(2,3)4)18-22-11-12-25(35)24(19-22)31-26(36)9-7-15-34(40)16-8-10-27(34)37/h11-12,19,21,23,35H,7-10,13-18,20H2,1-6H3,(H,30,38)(H,31,36)/q-1/t21?,23-,34?/m1/s1. The van der Waals surface area contributed by atoms with Crippen molar-refractivity contribution in [1.82, 2.24) is 15.3 Å². The first-order valence-electron chi connectivity index (χ1n) is 14.4. The van der Waals surface area contributed by atoms with Gasteiger partial charge < -0.3 is 40.9 Å². The molecule has 41 heavy (non-hydrogen) atoms. The number of likely N-dealkylation sites (tertiary alicyclic amines) is 1. The van der Waals surface area contributed by atoms with Crippen LogP contribution in [0, 0.1) is 16.3 Å². The topological polar surface area (TPSA) is 157 Å². The highest BCUT2D eigenvalue weighted by molar-refractivity contribution is 5.92. The molecule has 1 aromatic carbocycles. The van der Waals surface area contributed by atoms with Crippen LogP contribution in [0.4, 0.5) is 10.5 Å². The lowest BCUT2D eigenvalue weighted by Gasteiger charge is -2.35. The summed E-state index contributed by atoms with van der Waals surface area (Å²) in [4.78, 5) is 38.9. The highest BCUT2D eigenvalue weighted by atomic mass is 16.6. The molecule has 232 valence electrons. The van der Waals surface area contributed by atoms with Gasteiger partial charge in [-0.25, -0.2) is 9.59 Å². The molecule has 0 saturated carbocycles. The lowest BCUT2D eigenvalue weighted by atomic mass is 9.95. The first kappa shape index (κ1) is 34.4. The van der Waals surface area contributed by atoms with Crippen molar-refractivity contribution in [3.05, 3.63) is 34.2 Å². The summed E-state index contributed by atoms with van der Waals surface area (Å²) >= 11 is 0. The molecule has 1 aliphatic rings. The minimum atomic E-state index is -0.877. The van der Waals surface area contributed by atoms with Crippen LogP contribution in [-0.4, -0.2) is 96.1 Å². The zero-order valence-electron chi connectivity index (χ0n) is 25.4. The molecule has 2 unspecified atom stereocenters. The SMILES string of the molecule is CC(C[C@H](Cc1ccc(O)c(NC(=O)CCC[N+]2([O-])CCCC2=O)c1)NC(=O)OC(C)(C)C)CN([O-])CCN(C)C. The van der Waals surface area contributed by atoms with Crippen LogP contribution in [0.3, 0.4) is 0 Å². The number of carbonyl (C=O) groups is 3. The third-order valence-corrected chi connectivity index (χ3v) is 6.82. The van der Waals surface area contributed by atoms with Gasteiger partial charge in [-0.3, -0.25) is 9.44 Å². The average molecular weight is 579 g/mol. The fourth-order valence-electron chi connectivity index (χ4n) is 4.83. The second-order valence-electron chi connectivity index (χ2n) is 12.4. The van der Waals surface area contributed by atoms with Gasteiger partial charge in [-0.2, -0.15) is 0 Å². The minimum Gasteiger partial charge on any atom is -0.785 e. The van der Waals surface area contributed by atoms with E-state index in [1.165, 1.54) is 6.07 Å². The summed E-state index contributed by atoms with van der Waals surface area (Å²) in [5.41, 5.74) is 0.295. The number of nitrogens with zero attached hydrogens (tertiary/aromatic N) is 3. The van der Waals surface area contributed by atoms with E-state index in [0.29, 0.717) is 38.9 Å². The summed E-state index contributed by atoms with van der Waals surface area (Å²) < 4.78 is 4.57. The van der Waals surface area contributed by atoms with Crippen molar-refractivity contribution in [2.24, 2.45) is 5.92 Å². The first-order valence-corrected chi connectivity index (χ1v) is 14.4. The number of phenols is 1. The normalized spacial score (nSPS) is 18.9. The molecule has 3 N–H and O–H groups in total. The van der Waals surface area contributed by atoms with Crippen molar-refractivity contribution in [3.63, 3.8) is 0 Å². The Bertz CT molecular complexity index is 1030. The van der Waals surface area contributed by atoms with Gasteiger partial charge in [-0.05, 0) is 84.4 Å². The van der Waals surface area contributed by atoms with Crippen molar-refractivity contribution in [1.29, 1.82) is 0 Å². The van der Waals surface area contributed by atoms with E-state index < -0.39 is 16.3 Å². The first-order chi connectivity index (χ1) is 19.1. The fraction of sp³-hybridized carbons (Fsp3) is 0.690. The number of benzene rings is 1. The Morgan fingerprint density at radius 3 is 2.54 bits per heavy atom. The van der Waals surface area contributed by atoms with Crippen LogP contribution in [0.1, 0.15) is 65.4 Å². The molecule has 1 aliphatic heterocycles. The number of hydrogen-bond acceptors (Lipinski definition) is 9. The molecule has 12 heteroatoms. The summed E-state index contributed by atoms with van der Waals surface area (Å²) in [6.07, 6.45) is 1.47. The maximum absolute atomic E-state index is 12.6. The molecule has 12 nitrogen and oxygen atoms in total. The van der Waals surface area contributed by atoms with Crippen molar-refractivity contribution in [3.8, 4) is 5.75 Å². The molecule has 1 heterocycles. The van der Waals surface area contributed by atoms with Gasteiger partial charge in [0.15, 0.2) is 0 Å². The van der Waals surface area contributed by atoms with E-state index in [1.54, 1.807) is 32.9 Å². The molecule has 0 radical (unpaired) electrons. The molecule has 3 atom stereocenters. The van der Waals surface area contributed by atoms with Crippen LogP contribution < -0.4 is 10.6 Å². The second kappa shape index (κ2) is 15.5. The van der Waals surface area contributed by atoms with Crippen molar-refractivity contribution < 1.29 is 28.9 Å². The van der Waals surface area contributed by atoms with E-state index in [4.69, 9.17) is 4.74 Å². The minimum absolute atomic E-state index is 0.0275. The van der Waals surface area contributed by atoms with Crippen LogP contribution in [0.2, 0.25) is 0 Å². The number of alkyl carbamates (subject to hydrolysis) is 1.